The summed E-state index contributed by atoms with van der Waals surface area (Å²) in [5.74, 6) is 0.388. The Bertz CT molecular complexity index is 764. The maximum atomic E-state index is 11.4. The van der Waals surface area contributed by atoms with E-state index in [0.717, 1.165) is 35.4 Å². The number of nitrogens with one attached hydrogen (secondary N) is 1. The number of rotatable bonds is 1. The minimum absolute atomic E-state index is 0.122. The number of nitrogens with zero attached hydrogens (tertiary/aromatic N) is 1. The fraction of sp³-hybridized carbons (Fsp3) is 0.476. The van der Waals surface area contributed by atoms with Crippen LogP contribution in [0.25, 0.3) is 0 Å². The number of hydrogen-bond donors (Lipinski definition) is 1. The summed E-state index contributed by atoms with van der Waals surface area (Å²) in [6.45, 7) is 7.56. The smallest absolute Gasteiger partial charge is 0.180 e. The molecule has 0 radical (unpaired) electrons. The maximum absolute atomic E-state index is 11.4. The summed E-state index contributed by atoms with van der Waals surface area (Å²) in [4.78, 5) is 0. The molecule has 0 saturated carbocycles. The zero-order valence-corrected chi connectivity index (χ0v) is 15.2. The van der Waals surface area contributed by atoms with Crippen molar-refractivity contribution >= 4 is 5.69 Å². The summed E-state index contributed by atoms with van der Waals surface area (Å²) < 4.78 is 7.08. The lowest BCUT2D eigenvalue weighted by Gasteiger charge is -2.43. The molecule has 1 aromatic carbocycles. The van der Waals surface area contributed by atoms with E-state index in [1.165, 1.54) is 11.1 Å². The highest BCUT2D eigenvalue weighted by Crippen LogP contribution is 2.49. The van der Waals surface area contributed by atoms with E-state index < -0.39 is 0 Å². The van der Waals surface area contributed by atoms with Crippen LogP contribution in [0, 0.1) is 11.1 Å². The van der Waals surface area contributed by atoms with Gasteiger partial charge in [-0.25, -0.2) is 0 Å². The van der Waals surface area contributed by atoms with E-state index in [9.17, 15) is 5.21 Å². The first-order chi connectivity index (χ1) is 11.9. The van der Waals surface area contributed by atoms with Crippen LogP contribution in [-0.2, 0) is 10.2 Å². The minimum atomic E-state index is 0.122. The fourth-order valence-electron chi connectivity index (χ4n) is 4.10. The van der Waals surface area contributed by atoms with Crippen molar-refractivity contribution in [2.75, 3.05) is 11.9 Å². The quantitative estimate of drug-likeness (QED) is 0.624. The van der Waals surface area contributed by atoms with Crippen LogP contribution in [-0.4, -0.2) is 6.61 Å². The number of hydrogen-bond acceptors (Lipinski definition) is 3. The van der Waals surface area contributed by atoms with Gasteiger partial charge in [-0.1, -0.05) is 32.9 Å². The maximum Gasteiger partial charge on any atom is 0.180 e. The second-order valence-electron chi connectivity index (χ2n) is 8.26. The van der Waals surface area contributed by atoms with Crippen molar-refractivity contribution < 1.29 is 9.47 Å². The van der Waals surface area contributed by atoms with Crippen LogP contribution >= 0.6 is 0 Å². The molecule has 132 valence electrons. The molecule has 3 heterocycles. The van der Waals surface area contributed by atoms with Gasteiger partial charge in [0.2, 0.25) is 0 Å². The molecule has 1 aromatic heterocycles. The molecule has 2 aliphatic rings. The Labute approximate surface area is 149 Å². The van der Waals surface area contributed by atoms with E-state index in [0.29, 0.717) is 5.92 Å². The SMILES string of the molecule is CC(C)(C)c1ccc2c(c1)[C@H]1OCCC[C@H]1[C@H](c1cc[n+]([O-])cc1)N2. The standard InChI is InChI=1S/C21H26N2O2/c1-21(2,3)15-6-7-18-17(13-15)20-16(5-4-12-25-20)19(22-18)14-8-10-23(24)11-9-14/h6-11,13,16,19-20,22H,4-5,12H2,1-3H3/t16-,19-,20-/m0/s1. The molecule has 1 N–H and O–H groups in total. The Morgan fingerprint density at radius 1 is 1.16 bits per heavy atom. The van der Waals surface area contributed by atoms with Gasteiger partial charge >= 0.3 is 0 Å². The lowest BCUT2D eigenvalue weighted by atomic mass is 9.76. The van der Waals surface area contributed by atoms with Gasteiger partial charge in [0.15, 0.2) is 12.4 Å². The third-order valence-electron chi connectivity index (χ3n) is 5.52. The van der Waals surface area contributed by atoms with Gasteiger partial charge in [0.25, 0.3) is 0 Å². The Balaban J connectivity index is 1.76. The zero-order valence-electron chi connectivity index (χ0n) is 15.2. The molecule has 3 atom stereocenters. The molecule has 2 aromatic rings. The molecule has 0 amide bonds. The molecular weight excluding hydrogens is 312 g/mol. The van der Waals surface area contributed by atoms with E-state index in [-0.39, 0.29) is 17.6 Å². The number of pyridine rings is 1. The Kier molecular flexibility index (Phi) is 3.95. The molecular formula is C21H26N2O2. The van der Waals surface area contributed by atoms with Gasteiger partial charge in [0.05, 0.1) is 12.1 Å². The fourth-order valence-corrected chi connectivity index (χ4v) is 4.10. The van der Waals surface area contributed by atoms with E-state index in [1.807, 2.05) is 12.1 Å². The van der Waals surface area contributed by atoms with Crippen molar-refractivity contribution in [3.8, 4) is 0 Å². The summed E-state index contributed by atoms with van der Waals surface area (Å²) in [5.41, 5.74) is 5.05. The minimum Gasteiger partial charge on any atom is -0.619 e. The van der Waals surface area contributed by atoms with Crippen LogP contribution in [0.4, 0.5) is 5.69 Å². The van der Waals surface area contributed by atoms with Gasteiger partial charge in [0, 0.05) is 35.9 Å². The molecule has 4 nitrogen and oxygen atoms in total. The molecule has 25 heavy (non-hydrogen) atoms. The zero-order chi connectivity index (χ0) is 17.6. The van der Waals surface area contributed by atoms with Crippen molar-refractivity contribution in [3.63, 3.8) is 0 Å². The summed E-state index contributed by atoms with van der Waals surface area (Å²) in [5, 5.41) is 15.1. The van der Waals surface area contributed by atoms with E-state index in [4.69, 9.17) is 4.74 Å². The van der Waals surface area contributed by atoms with Gasteiger partial charge < -0.3 is 15.3 Å². The average Bonchev–Trinajstić information content (AvgIpc) is 2.60. The number of ether oxygens (including phenoxy) is 1. The Morgan fingerprint density at radius 2 is 1.92 bits per heavy atom. The predicted octanol–water partition coefficient (Wildman–Crippen LogP) is 4.25. The van der Waals surface area contributed by atoms with Gasteiger partial charge in [-0.2, -0.15) is 4.73 Å². The van der Waals surface area contributed by atoms with Crippen LogP contribution in [0.3, 0.4) is 0 Å². The second kappa shape index (κ2) is 6.03. The highest BCUT2D eigenvalue weighted by Gasteiger charge is 2.40. The molecule has 0 spiro atoms. The third-order valence-corrected chi connectivity index (χ3v) is 5.52. The predicted molar refractivity (Wildman–Crippen MR) is 98.3 cm³/mol. The van der Waals surface area contributed by atoms with Crippen LogP contribution in [0.5, 0.6) is 0 Å². The van der Waals surface area contributed by atoms with Crippen molar-refractivity contribution in [2.24, 2.45) is 5.92 Å². The summed E-state index contributed by atoms with van der Waals surface area (Å²) in [6.07, 6.45) is 5.49. The third kappa shape index (κ3) is 2.99. The van der Waals surface area contributed by atoms with Gasteiger partial charge in [-0.15, -0.1) is 0 Å². The second-order valence-corrected chi connectivity index (χ2v) is 8.26. The van der Waals surface area contributed by atoms with Crippen LogP contribution < -0.4 is 10.0 Å². The normalized spacial score (nSPS) is 25.6. The topological polar surface area (TPSA) is 48.2 Å². The summed E-state index contributed by atoms with van der Waals surface area (Å²) in [6, 6.07) is 10.7. The van der Waals surface area contributed by atoms with Gasteiger partial charge in [-0.3, -0.25) is 0 Å². The first-order valence-electron chi connectivity index (χ1n) is 9.15. The van der Waals surface area contributed by atoms with E-state index in [2.05, 4.69) is 44.3 Å². The molecule has 0 bridgehead atoms. The largest absolute Gasteiger partial charge is 0.619 e. The molecule has 0 unspecified atom stereocenters. The van der Waals surface area contributed by atoms with Crippen molar-refractivity contribution in [1.82, 2.24) is 0 Å². The van der Waals surface area contributed by atoms with Crippen molar-refractivity contribution in [3.05, 3.63) is 64.6 Å². The average molecular weight is 338 g/mol. The highest BCUT2D eigenvalue weighted by atomic mass is 16.5. The highest BCUT2D eigenvalue weighted by molar-refractivity contribution is 5.59. The van der Waals surface area contributed by atoms with Gasteiger partial charge in [-0.05, 0) is 35.4 Å². The number of aromatic nitrogens is 1. The lowest BCUT2D eigenvalue weighted by molar-refractivity contribution is -0.605. The van der Waals surface area contributed by atoms with E-state index in [1.54, 1.807) is 12.4 Å². The van der Waals surface area contributed by atoms with E-state index >= 15 is 0 Å². The molecule has 1 saturated heterocycles. The molecule has 4 rings (SSSR count). The van der Waals surface area contributed by atoms with Crippen molar-refractivity contribution in [2.45, 2.75) is 51.2 Å². The van der Waals surface area contributed by atoms with Crippen molar-refractivity contribution in [1.29, 1.82) is 0 Å². The molecule has 1 fully saturated rings. The summed E-state index contributed by atoms with van der Waals surface area (Å²) in [7, 11) is 0. The molecule has 0 aliphatic carbocycles. The monoisotopic (exact) mass is 338 g/mol. The number of benzene rings is 1. The Hall–Kier alpha value is -2.07. The van der Waals surface area contributed by atoms with Crippen LogP contribution in [0.1, 0.15) is 62.4 Å². The number of fused-ring (bicyclic) bond motifs is 3. The summed E-state index contributed by atoms with van der Waals surface area (Å²) >= 11 is 0. The first kappa shape index (κ1) is 16.4. The molecule has 2 aliphatic heterocycles. The van der Waals surface area contributed by atoms with Gasteiger partial charge in [0.1, 0.15) is 0 Å². The Morgan fingerprint density at radius 3 is 2.64 bits per heavy atom. The first-order valence-corrected chi connectivity index (χ1v) is 9.15. The number of anilines is 1. The lowest BCUT2D eigenvalue weighted by Crippen LogP contribution is -2.36. The van der Waals surface area contributed by atoms with Crippen LogP contribution in [0.15, 0.2) is 42.7 Å². The van der Waals surface area contributed by atoms with Crippen LogP contribution in [0.2, 0.25) is 0 Å². The molecule has 4 heteroatoms.